The van der Waals surface area contributed by atoms with E-state index in [-0.39, 0.29) is 17.5 Å². The van der Waals surface area contributed by atoms with Gasteiger partial charge >= 0.3 is 0 Å². The first kappa shape index (κ1) is 21.3. The Labute approximate surface area is 187 Å². The van der Waals surface area contributed by atoms with Crippen LogP contribution in [0.3, 0.4) is 0 Å². The van der Waals surface area contributed by atoms with E-state index in [2.05, 4.69) is 31.3 Å². The molecule has 0 saturated carbocycles. The van der Waals surface area contributed by atoms with Gasteiger partial charge < -0.3 is 9.73 Å². The molecule has 3 aromatic carbocycles. The fourth-order valence-electron chi connectivity index (χ4n) is 3.49. The van der Waals surface area contributed by atoms with Crippen molar-refractivity contribution in [3.8, 4) is 0 Å². The van der Waals surface area contributed by atoms with Gasteiger partial charge in [-0.25, -0.2) is 0 Å². The maximum Gasteiger partial charge on any atom is 0.248 e. The summed E-state index contributed by atoms with van der Waals surface area (Å²) in [6, 6.07) is 22.7. The fraction of sp³-hybridized carbons (Fsp3) is 0.143. The average Bonchev–Trinajstić information content (AvgIpc) is 3.16. The topological polar surface area (TPSA) is 59.3 Å². The Morgan fingerprint density at radius 2 is 1.59 bits per heavy atom. The minimum Gasteiger partial charge on any atom is -0.450 e. The second-order valence-electron chi connectivity index (χ2n) is 8.14. The smallest absolute Gasteiger partial charge is 0.248 e. The highest BCUT2D eigenvalue weighted by molar-refractivity contribution is 6.18. The molecule has 0 aliphatic heterocycles. The van der Waals surface area contributed by atoms with Crippen LogP contribution in [0.1, 0.15) is 52.6 Å². The highest BCUT2D eigenvalue weighted by atomic mass is 16.3. The van der Waals surface area contributed by atoms with Gasteiger partial charge in [0.25, 0.3) is 0 Å². The molecule has 0 atom stereocenters. The number of carbonyl (C=O) groups excluding carboxylic acids is 2. The molecule has 0 unspecified atom stereocenters. The molecule has 0 saturated heterocycles. The number of para-hydroxylation sites is 1. The second kappa shape index (κ2) is 9.06. The lowest BCUT2D eigenvalue weighted by atomic mass is 10.0. The van der Waals surface area contributed by atoms with Gasteiger partial charge in [-0.05, 0) is 42.2 Å². The van der Waals surface area contributed by atoms with E-state index in [0.29, 0.717) is 28.1 Å². The molecule has 0 aliphatic rings. The molecule has 0 spiro atoms. The normalized spacial score (nSPS) is 11.4. The van der Waals surface area contributed by atoms with E-state index >= 15 is 0 Å². The second-order valence-corrected chi connectivity index (χ2v) is 8.14. The predicted octanol–water partition coefficient (Wildman–Crippen LogP) is 6.75. The first-order valence-electron chi connectivity index (χ1n) is 10.6. The van der Waals surface area contributed by atoms with E-state index in [1.807, 2.05) is 49.4 Å². The van der Waals surface area contributed by atoms with Crippen molar-refractivity contribution >= 4 is 34.4 Å². The number of amides is 1. The third-order valence-corrected chi connectivity index (χ3v) is 5.39. The first-order valence-corrected chi connectivity index (χ1v) is 10.6. The lowest BCUT2D eigenvalue weighted by Crippen LogP contribution is -2.11. The SMILES string of the molecule is Cc1ccc(C(=O)c2oc3ccccc3c2NC(=O)C=Cc2ccc(C(C)C)cc2)cc1. The maximum absolute atomic E-state index is 13.1. The first-order chi connectivity index (χ1) is 15.4. The van der Waals surface area contributed by atoms with Crippen molar-refractivity contribution in [2.75, 3.05) is 5.32 Å². The van der Waals surface area contributed by atoms with E-state index in [9.17, 15) is 9.59 Å². The molecule has 0 bridgehead atoms. The zero-order valence-electron chi connectivity index (χ0n) is 18.4. The summed E-state index contributed by atoms with van der Waals surface area (Å²) in [6.07, 6.45) is 3.22. The Morgan fingerprint density at radius 1 is 0.906 bits per heavy atom. The number of benzene rings is 3. The molecule has 4 heteroatoms. The molecular weight excluding hydrogens is 398 g/mol. The number of rotatable bonds is 6. The number of ketones is 1. The van der Waals surface area contributed by atoms with Crippen molar-refractivity contribution < 1.29 is 14.0 Å². The van der Waals surface area contributed by atoms with E-state index in [4.69, 9.17) is 4.42 Å². The van der Waals surface area contributed by atoms with E-state index < -0.39 is 0 Å². The Balaban J connectivity index is 1.61. The molecule has 160 valence electrons. The molecule has 4 rings (SSSR count). The monoisotopic (exact) mass is 423 g/mol. The minimum atomic E-state index is -0.331. The van der Waals surface area contributed by atoms with Crippen molar-refractivity contribution in [2.45, 2.75) is 26.7 Å². The Bertz CT molecular complexity index is 1290. The molecule has 1 aromatic heterocycles. The fourth-order valence-corrected chi connectivity index (χ4v) is 3.49. The van der Waals surface area contributed by atoms with Crippen molar-refractivity contribution in [3.05, 3.63) is 107 Å². The van der Waals surface area contributed by atoms with E-state index in [0.717, 1.165) is 11.1 Å². The molecule has 32 heavy (non-hydrogen) atoms. The molecule has 1 amide bonds. The van der Waals surface area contributed by atoms with Crippen molar-refractivity contribution in [3.63, 3.8) is 0 Å². The standard InChI is InChI=1S/C28H25NO3/c1-18(2)21-15-10-20(11-16-21)12-17-25(30)29-26-23-6-4-5-7-24(23)32-28(26)27(31)22-13-8-19(3)9-14-22/h4-18H,1-3H3,(H,29,30). The summed E-state index contributed by atoms with van der Waals surface area (Å²) in [6.45, 7) is 6.25. The molecule has 0 fully saturated rings. The number of aryl methyl sites for hydroxylation is 1. The molecule has 1 N–H and O–H groups in total. The van der Waals surface area contributed by atoms with Crippen LogP contribution in [-0.4, -0.2) is 11.7 Å². The van der Waals surface area contributed by atoms with Crippen LogP contribution in [0, 0.1) is 6.92 Å². The van der Waals surface area contributed by atoms with Gasteiger partial charge in [-0.1, -0.05) is 80.1 Å². The van der Waals surface area contributed by atoms with Crippen molar-refractivity contribution in [2.24, 2.45) is 0 Å². The molecule has 1 heterocycles. The van der Waals surface area contributed by atoms with Crippen LogP contribution in [0.25, 0.3) is 17.0 Å². The van der Waals surface area contributed by atoms with Crippen LogP contribution in [0.5, 0.6) is 0 Å². The Kier molecular flexibility index (Phi) is 6.04. The van der Waals surface area contributed by atoms with Gasteiger partial charge in [0.2, 0.25) is 11.7 Å². The van der Waals surface area contributed by atoms with Gasteiger partial charge in [0.05, 0.1) is 5.69 Å². The zero-order chi connectivity index (χ0) is 22.7. The number of hydrogen-bond acceptors (Lipinski definition) is 3. The van der Waals surface area contributed by atoms with E-state index in [1.165, 1.54) is 11.6 Å². The highest BCUT2D eigenvalue weighted by Crippen LogP contribution is 2.32. The van der Waals surface area contributed by atoms with E-state index in [1.54, 1.807) is 24.3 Å². The quantitative estimate of drug-likeness (QED) is 0.276. The molecule has 0 aliphatic carbocycles. The van der Waals surface area contributed by atoms with Gasteiger partial charge in [0.1, 0.15) is 5.58 Å². The summed E-state index contributed by atoms with van der Waals surface area (Å²) in [7, 11) is 0. The zero-order valence-corrected chi connectivity index (χ0v) is 18.4. The van der Waals surface area contributed by atoms with Crippen LogP contribution >= 0.6 is 0 Å². The predicted molar refractivity (Wildman–Crippen MR) is 129 cm³/mol. The van der Waals surface area contributed by atoms with Gasteiger partial charge in [-0.15, -0.1) is 0 Å². The lowest BCUT2D eigenvalue weighted by Gasteiger charge is -2.05. The molecular formula is C28H25NO3. The largest absolute Gasteiger partial charge is 0.450 e. The van der Waals surface area contributed by atoms with Crippen LogP contribution in [0.4, 0.5) is 5.69 Å². The molecule has 4 nitrogen and oxygen atoms in total. The minimum absolute atomic E-state index is 0.123. The summed E-state index contributed by atoms with van der Waals surface area (Å²) < 4.78 is 5.86. The van der Waals surface area contributed by atoms with Crippen LogP contribution in [-0.2, 0) is 4.79 Å². The van der Waals surface area contributed by atoms with Gasteiger partial charge in [-0.2, -0.15) is 0 Å². The number of carbonyl (C=O) groups is 2. The van der Waals surface area contributed by atoms with Gasteiger partial charge in [0, 0.05) is 17.0 Å². The van der Waals surface area contributed by atoms with Gasteiger partial charge in [0.15, 0.2) is 5.76 Å². The highest BCUT2D eigenvalue weighted by Gasteiger charge is 2.22. The summed E-state index contributed by atoms with van der Waals surface area (Å²) >= 11 is 0. The number of fused-ring (bicyclic) bond motifs is 1. The summed E-state index contributed by atoms with van der Waals surface area (Å²) in [4.78, 5) is 25.8. The number of nitrogens with one attached hydrogen (secondary N) is 1. The third-order valence-electron chi connectivity index (χ3n) is 5.39. The van der Waals surface area contributed by atoms with Crippen LogP contribution < -0.4 is 5.32 Å². The van der Waals surface area contributed by atoms with Crippen molar-refractivity contribution in [1.29, 1.82) is 0 Å². The Morgan fingerprint density at radius 3 is 2.28 bits per heavy atom. The number of anilines is 1. The maximum atomic E-state index is 13.1. The average molecular weight is 424 g/mol. The molecule has 0 radical (unpaired) electrons. The third kappa shape index (κ3) is 4.54. The van der Waals surface area contributed by atoms with Crippen molar-refractivity contribution in [1.82, 2.24) is 0 Å². The number of furan rings is 1. The summed E-state index contributed by atoms with van der Waals surface area (Å²) in [5.41, 5.74) is 4.67. The van der Waals surface area contributed by atoms with Crippen LogP contribution in [0.15, 0.2) is 83.3 Å². The summed E-state index contributed by atoms with van der Waals surface area (Å²) in [5.74, 6) is -0.0273. The van der Waals surface area contributed by atoms with Crippen LogP contribution in [0.2, 0.25) is 0 Å². The Hall–Kier alpha value is -3.92. The summed E-state index contributed by atoms with van der Waals surface area (Å²) in [5, 5.41) is 3.54. The number of hydrogen-bond donors (Lipinski definition) is 1. The lowest BCUT2D eigenvalue weighted by molar-refractivity contribution is -0.111. The molecule has 4 aromatic rings. The van der Waals surface area contributed by atoms with Gasteiger partial charge in [-0.3, -0.25) is 9.59 Å².